The summed E-state index contributed by atoms with van der Waals surface area (Å²) >= 11 is 0. The van der Waals surface area contributed by atoms with Crippen LogP contribution < -0.4 is 5.32 Å². The van der Waals surface area contributed by atoms with Crippen molar-refractivity contribution in [3.8, 4) is 17.2 Å². The first-order chi connectivity index (χ1) is 17.1. The van der Waals surface area contributed by atoms with Crippen molar-refractivity contribution in [2.24, 2.45) is 0 Å². The second-order valence-electron chi connectivity index (χ2n) is 12.8. The first kappa shape index (κ1) is 27.8. The summed E-state index contributed by atoms with van der Waals surface area (Å²) in [6, 6.07) is 13.0. The molecule has 0 saturated heterocycles. The van der Waals surface area contributed by atoms with E-state index in [-0.39, 0.29) is 0 Å². The molecule has 198 valence electrons. The smallest absolute Gasteiger partial charge is 0.175 e. The van der Waals surface area contributed by atoms with Crippen molar-refractivity contribution in [1.29, 1.82) is 5.26 Å². The Bertz CT molecular complexity index is 1500. The van der Waals surface area contributed by atoms with Gasteiger partial charge >= 0.3 is 0 Å². The molecule has 1 aliphatic rings. The predicted molar refractivity (Wildman–Crippen MR) is 159 cm³/mol. The third-order valence-corrected chi connectivity index (χ3v) is 12.1. The number of aromatic nitrogens is 1. The Hall–Kier alpha value is -2.19. The van der Waals surface area contributed by atoms with Crippen LogP contribution in [0.3, 0.4) is 0 Å². The second-order valence-corrected chi connectivity index (χ2v) is 25.4. The van der Waals surface area contributed by atoms with Gasteiger partial charge in [0, 0.05) is 37.2 Å². The topological polar surface area (TPSA) is 72.1 Å². The lowest BCUT2D eigenvalue weighted by Crippen LogP contribution is -2.45. The molecule has 37 heavy (non-hydrogen) atoms. The third-order valence-electron chi connectivity index (χ3n) is 7.16. The van der Waals surface area contributed by atoms with Gasteiger partial charge in [-0.15, -0.1) is 0 Å². The van der Waals surface area contributed by atoms with Gasteiger partial charge in [0.25, 0.3) is 0 Å². The summed E-state index contributed by atoms with van der Waals surface area (Å²) in [6.45, 7) is 17.4. The normalized spacial score (nSPS) is 14.8. The molecule has 1 fully saturated rings. The first-order valence-corrected chi connectivity index (χ1v) is 22.2. The van der Waals surface area contributed by atoms with E-state index < -0.39 is 26.0 Å². The molecule has 1 aromatic heterocycles. The summed E-state index contributed by atoms with van der Waals surface area (Å²) in [5.41, 5.74) is 5.65. The average Bonchev–Trinajstić information content (AvgIpc) is 3.55. The summed E-state index contributed by atoms with van der Waals surface area (Å²) < 4.78 is 33.2. The van der Waals surface area contributed by atoms with Crippen molar-refractivity contribution in [2.75, 3.05) is 12.9 Å². The van der Waals surface area contributed by atoms with E-state index in [9.17, 15) is 13.7 Å². The SMILES string of the molecule is Cc1cc(-c2c(C#N)ccc3c2c(C2CC2)c([Si](C)(C)C)n3COCC[Si](C)(C)C)ccc1S(C)(=O)=O. The fourth-order valence-corrected chi connectivity index (χ4v) is 9.18. The monoisotopic (exact) mass is 552 g/mol. The van der Waals surface area contributed by atoms with Crippen molar-refractivity contribution in [3.63, 3.8) is 0 Å². The van der Waals surface area contributed by atoms with Crippen LogP contribution in [0, 0.1) is 18.3 Å². The van der Waals surface area contributed by atoms with Crippen molar-refractivity contribution in [1.82, 2.24) is 4.57 Å². The summed E-state index contributed by atoms with van der Waals surface area (Å²) in [4.78, 5) is 0.334. The fraction of sp³-hybridized carbons (Fsp3) is 0.483. The number of benzene rings is 2. The van der Waals surface area contributed by atoms with Gasteiger partial charge in [-0.05, 0) is 66.6 Å². The van der Waals surface area contributed by atoms with E-state index in [0.29, 0.717) is 28.7 Å². The third kappa shape index (κ3) is 5.80. The Labute approximate surface area is 224 Å². The van der Waals surface area contributed by atoms with Crippen LogP contribution >= 0.6 is 0 Å². The molecule has 0 atom stereocenters. The highest BCUT2D eigenvalue weighted by molar-refractivity contribution is 7.90. The number of sulfone groups is 1. The Morgan fingerprint density at radius 1 is 1.08 bits per heavy atom. The van der Waals surface area contributed by atoms with Crippen LogP contribution in [0.2, 0.25) is 45.3 Å². The van der Waals surface area contributed by atoms with Gasteiger partial charge in [0.2, 0.25) is 0 Å². The van der Waals surface area contributed by atoms with Crippen LogP contribution in [0.15, 0.2) is 35.2 Å². The van der Waals surface area contributed by atoms with Gasteiger partial charge in [0.15, 0.2) is 9.84 Å². The van der Waals surface area contributed by atoms with Crippen LogP contribution in [-0.2, 0) is 21.3 Å². The molecular weight excluding hydrogens is 513 g/mol. The zero-order valence-electron chi connectivity index (χ0n) is 23.5. The average molecular weight is 553 g/mol. The second kappa shape index (κ2) is 9.84. The summed E-state index contributed by atoms with van der Waals surface area (Å²) in [5, 5.41) is 12.7. The number of rotatable bonds is 9. The number of aryl methyl sites for hydroxylation is 1. The molecule has 0 spiro atoms. The minimum atomic E-state index is -3.32. The molecule has 0 amide bonds. The molecule has 3 aromatic rings. The van der Waals surface area contributed by atoms with Crippen LogP contribution in [0.4, 0.5) is 0 Å². The molecular formula is C29H40N2O3SSi2. The molecule has 0 bridgehead atoms. The van der Waals surface area contributed by atoms with Gasteiger partial charge < -0.3 is 9.30 Å². The van der Waals surface area contributed by atoms with E-state index in [0.717, 1.165) is 47.5 Å². The number of hydrogen-bond donors (Lipinski definition) is 0. The molecule has 1 aliphatic carbocycles. The molecule has 0 radical (unpaired) electrons. The molecule has 5 nitrogen and oxygen atoms in total. The van der Waals surface area contributed by atoms with Crippen molar-refractivity contribution in [3.05, 3.63) is 47.0 Å². The Morgan fingerprint density at radius 2 is 1.76 bits per heavy atom. The van der Waals surface area contributed by atoms with Crippen LogP contribution in [0.1, 0.15) is 35.4 Å². The maximum absolute atomic E-state index is 12.3. The van der Waals surface area contributed by atoms with E-state index in [1.54, 1.807) is 6.07 Å². The van der Waals surface area contributed by atoms with Crippen molar-refractivity contribution >= 4 is 42.2 Å². The number of hydrogen-bond acceptors (Lipinski definition) is 4. The highest BCUT2D eigenvalue weighted by Gasteiger charge is 2.37. The van der Waals surface area contributed by atoms with Gasteiger partial charge in [-0.2, -0.15) is 5.26 Å². The highest BCUT2D eigenvalue weighted by atomic mass is 32.2. The Kier molecular flexibility index (Phi) is 7.41. The van der Waals surface area contributed by atoms with Gasteiger partial charge in [0.1, 0.15) is 6.73 Å². The molecule has 1 heterocycles. The van der Waals surface area contributed by atoms with E-state index in [4.69, 9.17) is 4.74 Å². The van der Waals surface area contributed by atoms with Crippen LogP contribution in [0.5, 0.6) is 0 Å². The van der Waals surface area contributed by atoms with E-state index in [1.807, 2.05) is 25.1 Å². The summed E-state index contributed by atoms with van der Waals surface area (Å²) in [5.74, 6) is 0.497. The Balaban J connectivity index is 1.98. The van der Waals surface area contributed by atoms with Gasteiger partial charge in [0.05, 0.1) is 30.1 Å². The lowest BCUT2D eigenvalue weighted by atomic mass is 9.92. The minimum Gasteiger partial charge on any atom is -0.361 e. The lowest BCUT2D eigenvalue weighted by Gasteiger charge is -2.23. The number of fused-ring (bicyclic) bond motifs is 1. The lowest BCUT2D eigenvalue weighted by molar-refractivity contribution is 0.0919. The van der Waals surface area contributed by atoms with Gasteiger partial charge in [-0.3, -0.25) is 0 Å². The van der Waals surface area contributed by atoms with Gasteiger partial charge in [-0.1, -0.05) is 51.4 Å². The quantitative estimate of drug-likeness (QED) is 0.221. The number of ether oxygens (including phenoxy) is 1. The van der Waals surface area contributed by atoms with Crippen LogP contribution in [0.25, 0.3) is 22.0 Å². The summed E-state index contributed by atoms with van der Waals surface area (Å²) in [7, 11) is -6.31. The van der Waals surface area contributed by atoms with E-state index in [2.05, 4.69) is 56.0 Å². The number of nitrogens with zero attached hydrogens (tertiary/aromatic N) is 2. The predicted octanol–water partition coefficient (Wildman–Crippen LogP) is 6.63. The largest absolute Gasteiger partial charge is 0.361 e. The fourth-order valence-electron chi connectivity index (χ4n) is 5.33. The molecule has 2 aromatic carbocycles. The summed E-state index contributed by atoms with van der Waals surface area (Å²) in [6.07, 6.45) is 3.56. The first-order valence-electron chi connectivity index (χ1n) is 13.1. The maximum Gasteiger partial charge on any atom is 0.175 e. The molecule has 8 heteroatoms. The standard InChI is InChI=1S/C29H40N2O3SSi2/c1-20-17-22(12-14-25(20)35(2,32)33)26-23(18-30)11-13-24-28(26)27(21-9-10-21)29(37(6,7)8)31(24)19-34-15-16-36(3,4)5/h11-14,17,21H,9-10,15-16,19H2,1-8H3. The Morgan fingerprint density at radius 3 is 2.27 bits per heavy atom. The molecule has 1 saturated carbocycles. The van der Waals surface area contributed by atoms with Gasteiger partial charge in [-0.25, -0.2) is 8.42 Å². The minimum absolute atomic E-state index is 0.334. The molecule has 0 unspecified atom stereocenters. The molecule has 0 N–H and O–H groups in total. The highest BCUT2D eigenvalue weighted by Crippen LogP contribution is 2.47. The van der Waals surface area contributed by atoms with E-state index in [1.165, 1.54) is 17.1 Å². The zero-order valence-corrected chi connectivity index (χ0v) is 26.3. The van der Waals surface area contributed by atoms with Crippen molar-refractivity contribution < 1.29 is 13.2 Å². The molecule has 0 aliphatic heterocycles. The van der Waals surface area contributed by atoms with E-state index >= 15 is 0 Å². The maximum atomic E-state index is 12.3. The number of nitriles is 1. The zero-order chi connectivity index (χ0) is 27.3. The van der Waals surface area contributed by atoms with Crippen LogP contribution in [-0.4, -0.2) is 42.0 Å². The molecule has 4 rings (SSSR count). The van der Waals surface area contributed by atoms with Crippen molar-refractivity contribution in [2.45, 2.75) is 82.6 Å².